The predicted molar refractivity (Wildman–Crippen MR) is 325 cm³/mol. The minimum absolute atomic E-state index is 0.0352. The number of nitrogens with zero attached hydrogens (tertiary/aromatic N) is 1. The monoisotopic (exact) mass is 1080 g/mol. The molecule has 0 rings (SSSR count). The zero-order valence-corrected chi connectivity index (χ0v) is 51.1. The van der Waals surface area contributed by atoms with Gasteiger partial charge in [0.05, 0.1) is 33.8 Å². The molecule has 0 radical (unpaired) electrons. The lowest BCUT2D eigenvalue weighted by atomic mass is 10.0. The first-order valence-electron chi connectivity index (χ1n) is 31.4. The number of nitrogens with one attached hydrogen (secondary N) is 1. The van der Waals surface area contributed by atoms with E-state index in [9.17, 15) is 19.0 Å². The number of carbonyl (C=O) groups is 2. The van der Waals surface area contributed by atoms with Gasteiger partial charge in [0.1, 0.15) is 19.3 Å². The van der Waals surface area contributed by atoms with Gasteiger partial charge in [0, 0.05) is 12.8 Å². The molecule has 0 bridgehead atoms. The number of likely N-dealkylation sites (N-methyl/N-ethyl adjacent to an activating group) is 1. The minimum atomic E-state index is -4.72. The number of phosphoric ester groups is 1. The summed E-state index contributed by atoms with van der Waals surface area (Å²) in [5.74, 6) is -0.634. The first-order chi connectivity index (χ1) is 36.9. The third-order valence-electron chi connectivity index (χ3n) is 13.6. The highest BCUT2D eigenvalue weighted by atomic mass is 31.2. The standard InChI is InChI=1S/C66H119N2O7P/c1-7-10-13-16-19-22-25-28-30-32-34-36-38-40-43-46-49-52-55-58-65(69)67-63(62-74-76(71,72)73-61-60-68(4,5)6)64(57-54-51-48-45-42-27-24-21-18-15-12-9-3)75-66(70)59-56-53-50-47-44-41-39-37-35-33-31-29-26-23-20-17-14-11-8-2/h11,14,20,23,29,31,35,37,41,44,50,53-54,57,63-64H,7-10,12-13,15-19,21-22,24-28,30,32-34,36,38-40,42-43,45-49,51-52,55-56,58-62H2,1-6H3,(H-,67,69,71,72)/b14-11-,23-20-,31-29-,37-35-,44-41-,53-50-,57-54+. The average Bonchev–Trinajstić information content (AvgIpc) is 3.38. The van der Waals surface area contributed by atoms with Crippen molar-refractivity contribution in [2.45, 2.75) is 283 Å². The second kappa shape index (κ2) is 55.5. The van der Waals surface area contributed by atoms with Crippen molar-refractivity contribution in [3.63, 3.8) is 0 Å². The molecule has 3 atom stereocenters. The van der Waals surface area contributed by atoms with Crippen LogP contribution in [0.4, 0.5) is 0 Å². The molecular weight excluding hydrogens is 964 g/mol. The molecule has 0 aromatic carbocycles. The number of unbranched alkanes of at least 4 members (excludes halogenated alkanes) is 28. The molecule has 0 saturated carbocycles. The van der Waals surface area contributed by atoms with Crippen LogP contribution in [0.15, 0.2) is 85.1 Å². The van der Waals surface area contributed by atoms with Crippen LogP contribution >= 0.6 is 7.82 Å². The van der Waals surface area contributed by atoms with E-state index in [0.717, 1.165) is 77.0 Å². The number of quaternary nitrogens is 1. The van der Waals surface area contributed by atoms with Gasteiger partial charge >= 0.3 is 5.97 Å². The number of carbonyl (C=O) groups excluding carboxylic acids is 2. The Morgan fingerprint density at radius 3 is 1.26 bits per heavy atom. The number of ether oxygens (including phenoxy) is 1. The molecule has 0 heterocycles. The highest BCUT2D eigenvalue weighted by Crippen LogP contribution is 2.38. The van der Waals surface area contributed by atoms with Crippen LogP contribution in [0.2, 0.25) is 0 Å². The van der Waals surface area contributed by atoms with Crippen LogP contribution in [0.25, 0.3) is 0 Å². The van der Waals surface area contributed by atoms with Gasteiger partial charge in [0.25, 0.3) is 7.82 Å². The van der Waals surface area contributed by atoms with Gasteiger partial charge in [-0.15, -0.1) is 0 Å². The number of phosphoric acid groups is 1. The maximum Gasteiger partial charge on any atom is 0.306 e. The fourth-order valence-electron chi connectivity index (χ4n) is 8.78. The molecule has 3 unspecified atom stereocenters. The van der Waals surface area contributed by atoms with Crippen LogP contribution in [0, 0.1) is 0 Å². The fraction of sp³-hybridized carbons (Fsp3) is 0.758. The Labute approximate surface area is 469 Å². The van der Waals surface area contributed by atoms with Crippen LogP contribution in [-0.2, 0) is 27.9 Å². The second-order valence-corrected chi connectivity index (χ2v) is 23.6. The van der Waals surface area contributed by atoms with Crippen LogP contribution in [-0.4, -0.2) is 69.4 Å². The number of hydrogen-bond acceptors (Lipinski definition) is 7. The van der Waals surface area contributed by atoms with Gasteiger partial charge in [-0.05, 0) is 70.3 Å². The summed E-state index contributed by atoms with van der Waals surface area (Å²) >= 11 is 0. The van der Waals surface area contributed by atoms with E-state index >= 15 is 0 Å². The van der Waals surface area contributed by atoms with Crippen molar-refractivity contribution in [2.75, 3.05) is 40.9 Å². The summed E-state index contributed by atoms with van der Waals surface area (Å²) in [4.78, 5) is 40.0. The molecule has 1 amide bonds. The average molecular weight is 1080 g/mol. The molecule has 0 aromatic heterocycles. The Hall–Kier alpha value is -2.81. The number of rotatable bonds is 56. The van der Waals surface area contributed by atoms with Crippen molar-refractivity contribution in [1.82, 2.24) is 5.32 Å². The number of amides is 1. The normalized spacial score (nSPS) is 14.2. The summed E-state index contributed by atoms with van der Waals surface area (Å²) in [5, 5.41) is 3.01. The van der Waals surface area contributed by atoms with Gasteiger partial charge < -0.3 is 28.5 Å². The van der Waals surface area contributed by atoms with Crippen molar-refractivity contribution in [2.24, 2.45) is 0 Å². The lowest BCUT2D eigenvalue weighted by molar-refractivity contribution is -0.870. The van der Waals surface area contributed by atoms with Crippen LogP contribution in [0.5, 0.6) is 0 Å². The SMILES string of the molecule is CC/C=C\C/C=C\C/C=C\C/C=C\C/C=C\C/C=C\CCC(=O)OC(/C=C/CCCCCCCCCCCC)C(COP(=O)([O-])OCC[N+](C)(C)C)NC(=O)CCCCCCCCCCCCCCCCCCCCC. The van der Waals surface area contributed by atoms with Crippen molar-refractivity contribution in [3.8, 4) is 0 Å². The third-order valence-corrected chi connectivity index (χ3v) is 14.6. The molecule has 76 heavy (non-hydrogen) atoms. The van der Waals surface area contributed by atoms with Gasteiger partial charge in [-0.2, -0.15) is 0 Å². The van der Waals surface area contributed by atoms with E-state index in [4.69, 9.17) is 13.8 Å². The van der Waals surface area contributed by atoms with Gasteiger partial charge in [0.2, 0.25) is 5.91 Å². The molecule has 9 nitrogen and oxygen atoms in total. The summed E-state index contributed by atoms with van der Waals surface area (Å²) < 4.78 is 30.2. The Kier molecular flexibility index (Phi) is 53.5. The number of hydrogen-bond donors (Lipinski definition) is 1. The third kappa shape index (κ3) is 55.9. The molecule has 0 aliphatic heterocycles. The Bertz CT molecular complexity index is 1580. The summed E-state index contributed by atoms with van der Waals surface area (Å²) in [7, 11) is 1.15. The van der Waals surface area contributed by atoms with Crippen LogP contribution in [0.3, 0.4) is 0 Å². The Balaban J connectivity index is 5.34. The zero-order valence-electron chi connectivity index (χ0n) is 50.2. The predicted octanol–water partition coefficient (Wildman–Crippen LogP) is 18.8. The molecule has 0 saturated heterocycles. The van der Waals surface area contributed by atoms with E-state index in [2.05, 4.69) is 86.8 Å². The molecule has 0 fully saturated rings. The van der Waals surface area contributed by atoms with Crippen LogP contribution < -0.4 is 10.2 Å². The fourth-order valence-corrected chi connectivity index (χ4v) is 9.51. The van der Waals surface area contributed by atoms with E-state index in [1.807, 2.05) is 45.4 Å². The molecule has 1 N–H and O–H groups in total. The van der Waals surface area contributed by atoms with E-state index in [-0.39, 0.29) is 18.9 Å². The van der Waals surface area contributed by atoms with E-state index < -0.39 is 32.5 Å². The number of allylic oxidation sites excluding steroid dienone is 13. The summed E-state index contributed by atoms with van der Waals surface area (Å²) in [6.45, 7) is 6.70. The van der Waals surface area contributed by atoms with E-state index in [1.165, 1.54) is 154 Å². The molecule has 0 spiro atoms. The Morgan fingerprint density at radius 2 is 0.855 bits per heavy atom. The zero-order chi connectivity index (χ0) is 55.7. The largest absolute Gasteiger partial charge is 0.756 e. The Morgan fingerprint density at radius 1 is 0.474 bits per heavy atom. The van der Waals surface area contributed by atoms with Crippen LogP contribution in [0.1, 0.15) is 271 Å². The smallest absolute Gasteiger partial charge is 0.306 e. The molecular formula is C66H119N2O7P. The van der Waals surface area contributed by atoms with Gasteiger partial charge in [0.15, 0.2) is 0 Å². The molecule has 10 heteroatoms. The summed E-state index contributed by atoms with van der Waals surface area (Å²) in [5.41, 5.74) is 0. The van der Waals surface area contributed by atoms with Crippen molar-refractivity contribution in [3.05, 3.63) is 85.1 Å². The first kappa shape index (κ1) is 73.2. The van der Waals surface area contributed by atoms with E-state index in [1.54, 1.807) is 0 Å². The summed E-state index contributed by atoms with van der Waals surface area (Å²) in [6.07, 6.45) is 72.8. The quantitative estimate of drug-likeness (QED) is 0.0212. The summed E-state index contributed by atoms with van der Waals surface area (Å²) in [6, 6.07) is -0.920. The van der Waals surface area contributed by atoms with Gasteiger partial charge in [-0.3, -0.25) is 14.2 Å². The van der Waals surface area contributed by atoms with Crippen molar-refractivity contribution < 1.29 is 37.3 Å². The lowest BCUT2D eigenvalue weighted by Crippen LogP contribution is -2.47. The molecule has 0 aliphatic carbocycles. The first-order valence-corrected chi connectivity index (χ1v) is 32.9. The lowest BCUT2D eigenvalue weighted by Gasteiger charge is -2.30. The molecule has 0 aromatic rings. The van der Waals surface area contributed by atoms with Crippen molar-refractivity contribution >= 4 is 19.7 Å². The number of esters is 1. The second-order valence-electron chi connectivity index (χ2n) is 22.2. The topological polar surface area (TPSA) is 114 Å². The highest BCUT2D eigenvalue weighted by molar-refractivity contribution is 7.45. The highest BCUT2D eigenvalue weighted by Gasteiger charge is 2.27. The van der Waals surface area contributed by atoms with Gasteiger partial charge in [-0.25, -0.2) is 0 Å². The molecule has 440 valence electrons. The minimum Gasteiger partial charge on any atom is -0.756 e. The van der Waals surface area contributed by atoms with Crippen molar-refractivity contribution in [1.29, 1.82) is 0 Å². The van der Waals surface area contributed by atoms with Gasteiger partial charge in [-0.1, -0.05) is 273 Å². The molecule has 0 aliphatic rings. The maximum atomic E-state index is 13.5. The maximum absolute atomic E-state index is 13.5. The van der Waals surface area contributed by atoms with E-state index in [0.29, 0.717) is 23.9 Å².